The molecular weight excluding hydrogens is 288 g/mol. The van der Waals surface area contributed by atoms with Crippen LogP contribution in [0.15, 0.2) is 22.0 Å². The Balaban J connectivity index is 2.36. The number of nitrogens with zero attached hydrogens (tertiary/aromatic N) is 1. The molecule has 0 amide bonds. The molecule has 2 heterocycles. The smallest absolute Gasteiger partial charge is 0.266 e. The van der Waals surface area contributed by atoms with Crippen molar-refractivity contribution < 1.29 is 8.42 Å². The Morgan fingerprint density at radius 1 is 1.42 bits per heavy atom. The molecule has 0 saturated carbocycles. The molecule has 7 heteroatoms. The zero-order valence-electron chi connectivity index (χ0n) is 10.9. The number of H-pyrrole nitrogens is 1. The first-order valence-corrected chi connectivity index (χ1v) is 8.04. The van der Waals surface area contributed by atoms with Crippen molar-refractivity contribution in [2.75, 3.05) is 6.54 Å². The lowest BCUT2D eigenvalue weighted by Crippen LogP contribution is -2.44. The maximum atomic E-state index is 12.5. The summed E-state index contributed by atoms with van der Waals surface area (Å²) in [6.07, 6.45) is 2.89. The Labute approximate surface area is 117 Å². The Morgan fingerprint density at radius 3 is 2.68 bits per heavy atom. The van der Waals surface area contributed by atoms with Gasteiger partial charge in [0.1, 0.15) is 5.02 Å². The number of hydrogen-bond acceptors (Lipinski definition) is 3. The van der Waals surface area contributed by atoms with Crippen molar-refractivity contribution in [3.05, 3.63) is 27.6 Å². The van der Waals surface area contributed by atoms with Gasteiger partial charge >= 0.3 is 0 Å². The number of hydrogen-bond donors (Lipinski definition) is 1. The average Bonchev–Trinajstić information content (AvgIpc) is 2.32. The number of aromatic nitrogens is 1. The number of piperidine rings is 1. The van der Waals surface area contributed by atoms with Gasteiger partial charge in [-0.1, -0.05) is 18.5 Å². The lowest BCUT2D eigenvalue weighted by Gasteiger charge is -2.35. The molecule has 19 heavy (non-hydrogen) atoms. The van der Waals surface area contributed by atoms with Crippen LogP contribution in [0.4, 0.5) is 0 Å². The molecule has 0 radical (unpaired) electrons. The van der Waals surface area contributed by atoms with E-state index in [4.69, 9.17) is 11.6 Å². The van der Waals surface area contributed by atoms with Gasteiger partial charge in [-0.15, -0.1) is 0 Å². The van der Waals surface area contributed by atoms with E-state index in [1.807, 2.05) is 6.92 Å². The molecule has 0 aliphatic carbocycles. The molecule has 2 atom stereocenters. The van der Waals surface area contributed by atoms with Gasteiger partial charge in [0.05, 0.1) is 4.90 Å². The van der Waals surface area contributed by atoms with Crippen LogP contribution in [0.3, 0.4) is 0 Å². The second kappa shape index (κ2) is 5.26. The van der Waals surface area contributed by atoms with Crippen LogP contribution in [-0.4, -0.2) is 30.3 Å². The highest BCUT2D eigenvalue weighted by Gasteiger charge is 2.33. The normalized spacial score (nSPS) is 25.4. The molecule has 1 saturated heterocycles. The van der Waals surface area contributed by atoms with E-state index in [1.165, 1.54) is 16.6 Å². The van der Waals surface area contributed by atoms with E-state index in [1.54, 1.807) is 0 Å². The van der Waals surface area contributed by atoms with Crippen molar-refractivity contribution >= 4 is 21.6 Å². The SMILES string of the molecule is CC1CCN(S(=O)(=O)c2c[nH]c(=O)c(Cl)c2)C(C)C1. The maximum Gasteiger partial charge on any atom is 0.266 e. The predicted octanol–water partition coefficient (Wildman–Crippen LogP) is 1.84. The van der Waals surface area contributed by atoms with Crippen LogP contribution in [0.2, 0.25) is 5.02 Å². The van der Waals surface area contributed by atoms with Crippen LogP contribution >= 0.6 is 11.6 Å². The first kappa shape index (κ1) is 14.6. The van der Waals surface area contributed by atoms with Gasteiger partial charge in [-0.2, -0.15) is 4.31 Å². The standard InChI is InChI=1S/C12H17ClN2O3S/c1-8-3-4-15(9(2)5-8)19(17,18)10-6-11(13)12(16)14-7-10/h6-9H,3-5H2,1-2H3,(H,14,16). The van der Waals surface area contributed by atoms with Crippen molar-refractivity contribution in [1.29, 1.82) is 0 Å². The molecular formula is C12H17ClN2O3S. The molecule has 1 aliphatic heterocycles. The predicted molar refractivity (Wildman–Crippen MR) is 73.8 cm³/mol. The topological polar surface area (TPSA) is 70.2 Å². The molecule has 1 N–H and O–H groups in total. The molecule has 1 aliphatic rings. The van der Waals surface area contributed by atoms with Gasteiger partial charge in [-0.3, -0.25) is 4.79 Å². The number of rotatable bonds is 2. The van der Waals surface area contributed by atoms with Gasteiger partial charge in [0.25, 0.3) is 5.56 Å². The van der Waals surface area contributed by atoms with Crippen LogP contribution in [0.5, 0.6) is 0 Å². The first-order chi connectivity index (χ1) is 8.82. The van der Waals surface area contributed by atoms with Crippen molar-refractivity contribution in [3.8, 4) is 0 Å². The van der Waals surface area contributed by atoms with E-state index in [-0.39, 0.29) is 16.0 Å². The third-order valence-corrected chi connectivity index (χ3v) is 5.79. The molecule has 2 rings (SSSR count). The van der Waals surface area contributed by atoms with Crippen molar-refractivity contribution in [3.63, 3.8) is 0 Å². The van der Waals surface area contributed by atoms with Gasteiger partial charge in [0, 0.05) is 18.8 Å². The minimum absolute atomic E-state index is 0.0403. The second-order valence-corrected chi connectivity index (χ2v) is 7.40. The van der Waals surface area contributed by atoms with Crippen molar-refractivity contribution in [1.82, 2.24) is 9.29 Å². The second-order valence-electron chi connectivity index (χ2n) is 5.11. The number of sulfonamides is 1. The van der Waals surface area contributed by atoms with E-state index in [0.29, 0.717) is 12.5 Å². The van der Waals surface area contributed by atoms with Crippen LogP contribution in [-0.2, 0) is 10.0 Å². The van der Waals surface area contributed by atoms with Crippen LogP contribution in [0, 0.1) is 5.92 Å². The van der Waals surface area contributed by atoms with Crippen LogP contribution in [0.1, 0.15) is 26.7 Å². The first-order valence-electron chi connectivity index (χ1n) is 6.22. The number of aromatic amines is 1. The third-order valence-electron chi connectivity index (χ3n) is 3.52. The van der Waals surface area contributed by atoms with Gasteiger partial charge in [0.2, 0.25) is 10.0 Å². The molecule has 1 aromatic rings. The van der Waals surface area contributed by atoms with Gasteiger partial charge in [-0.05, 0) is 31.7 Å². The van der Waals surface area contributed by atoms with Crippen molar-refractivity contribution in [2.24, 2.45) is 5.92 Å². The highest BCUT2D eigenvalue weighted by molar-refractivity contribution is 7.89. The summed E-state index contributed by atoms with van der Waals surface area (Å²) in [4.78, 5) is 13.6. The molecule has 1 aromatic heterocycles. The summed E-state index contributed by atoms with van der Waals surface area (Å²) < 4.78 is 26.5. The Kier molecular flexibility index (Phi) is 4.03. The van der Waals surface area contributed by atoms with Gasteiger partial charge in [-0.25, -0.2) is 8.42 Å². The quantitative estimate of drug-likeness (QED) is 0.906. The summed E-state index contributed by atoms with van der Waals surface area (Å²) in [6, 6.07) is 1.17. The molecule has 0 aromatic carbocycles. The molecule has 2 unspecified atom stereocenters. The van der Waals surface area contributed by atoms with E-state index in [2.05, 4.69) is 11.9 Å². The van der Waals surface area contributed by atoms with E-state index >= 15 is 0 Å². The summed E-state index contributed by atoms with van der Waals surface area (Å²) in [7, 11) is -3.60. The minimum atomic E-state index is -3.60. The Bertz CT molecular complexity index is 626. The summed E-state index contributed by atoms with van der Waals surface area (Å²) in [6.45, 7) is 4.53. The highest BCUT2D eigenvalue weighted by Crippen LogP contribution is 2.28. The van der Waals surface area contributed by atoms with Crippen LogP contribution < -0.4 is 5.56 Å². The fraction of sp³-hybridized carbons (Fsp3) is 0.583. The lowest BCUT2D eigenvalue weighted by atomic mass is 9.95. The molecule has 0 spiro atoms. The van der Waals surface area contributed by atoms with E-state index in [0.717, 1.165) is 12.8 Å². The van der Waals surface area contributed by atoms with Gasteiger partial charge < -0.3 is 4.98 Å². The summed E-state index contributed by atoms with van der Waals surface area (Å²) in [5.41, 5.74) is -0.485. The molecule has 0 bridgehead atoms. The van der Waals surface area contributed by atoms with Crippen molar-refractivity contribution in [2.45, 2.75) is 37.6 Å². The number of nitrogens with one attached hydrogen (secondary N) is 1. The third kappa shape index (κ3) is 2.85. The zero-order chi connectivity index (χ0) is 14.2. The minimum Gasteiger partial charge on any atom is -0.326 e. The highest BCUT2D eigenvalue weighted by atomic mass is 35.5. The lowest BCUT2D eigenvalue weighted by molar-refractivity contribution is 0.220. The number of pyridine rings is 1. The molecule has 5 nitrogen and oxygen atoms in total. The fourth-order valence-electron chi connectivity index (χ4n) is 2.46. The van der Waals surface area contributed by atoms with Crippen LogP contribution in [0.25, 0.3) is 0 Å². The van der Waals surface area contributed by atoms with Gasteiger partial charge in [0.15, 0.2) is 0 Å². The monoisotopic (exact) mass is 304 g/mol. The zero-order valence-corrected chi connectivity index (χ0v) is 12.5. The molecule has 1 fully saturated rings. The van der Waals surface area contributed by atoms with E-state index in [9.17, 15) is 13.2 Å². The largest absolute Gasteiger partial charge is 0.326 e. The number of halogens is 1. The Morgan fingerprint density at radius 2 is 2.11 bits per heavy atom. The maximum absolute atomic E-state index is 12.5. The summed E-state index contributed by atoms with van der Waals surface area (Å²) >= 11 is 5.69. The average molecular weight is 305 g/mol. The fourth-order valence-corrected chi connectivity index (χ4v) is 4.35. The van der Waals surface area contributed by atoms with E-state index < -0.39 is 15.6 Å². The Hall–Kier alpha value is -0.850. The summed E-state index contributed by atoms with van der Waals surface area (Å²) in [5, 5.41) is -0.112. The summed E-state index contributed by atoms with van der Waals surface area (Å²) in [5.74, 6) is 0.528. The molecule has 106 valence electrons.